The predicted octanol–water partition coefficient (Wildman–Crippen LogP) is 2.17. The van der Waals surface area contributed by atoms with Crippen LogP contribution in [-0.2, 0) is 4.74 Å². The van der Waals surface area contributed by atoms with Crippen molar-refractivity contribution >= 4 is 17.5 Å². The zero-order valence-corrected chi connectivity index (χ0v) is 12.8. The second-order valence-corrected chi connectivity index (χ2v) is 4.97. The van der Waals surface area contributed by atoms with Crippen molar-refractivity contribution in [1.29, 1.82) is 0 Å². The first kappa shape index (κ1) is 15.9. The highest BCUT2D eigenvalue weighted by Crippen LogP contribution is 2.17. The summed E-state index contributed by atoms with van der Waals surface area (Å²) in [4.78, 5) is 14.4. The normalized spacial score (nSPS) is 11.2. The van der Waals surface area contributed by atoms with Crippen LogP contribution in [0.15, 0.2) is 0 Å². The summed E-state index contributed by atoms with van der Waals surface area (Å²) in [6.07, 6.45) is -0.0159. The lowest BCUT2D eigenvalue weighted by Crippen LogP contribution is -2.35. The summed E-state index contributed by atoms with van der Waals surface area (Å²) >= 11 is 5.92. The highest BCUT2D eigenvalue weighted by Gasteiger charge is 2.16. The van der Waals surface area contributed by atoms with Crippen LogP contribution in [0.1, 0.15) is 27.7 Å². The fourth-order valence-electron chi connectivity index (χ4n) is 1.49. The Balaban J connectivity index is 2.98. The first-order chi connectivity index (χ1) is 8.93. The SMILES string of the molecule is COCCN(c1nc(Cl)nc(OC(C)C)n1)C(C)C. The maximum absolute atomic E-state index is 5.92. The van der Waals surface area contributed by atoms with Crippen molar-refractivity contribution in [2.45, 2.75) is 39.8 Å². The van der Waals surface area contributed by atoms with Crippen LogP contribution in [0, 0.1) is 0 Å². The number of hydrogen-bond acceptors (Lipinski definition) is 6. The lowest BCUT2D eigenvalue weighted by Gasteiger charge is -2.26. The average Bonchev–Trinajstić information content (AvgIpc) is 2.27. The van der Waals surface area contributed by atoms with E-state index in [9.17, 15) is 0 Å². The van der Waals surface area contributed by atoms with E-state index in [2.05, 4.69) is 28.8 Å². The van der Waals surface area contributed by atoms with Gasteiger partial charge in [-0.3, -0.25) is 0 Å². The molecule has 0 aromatic carbocycles. The van der Waals surface area contributed by atoms with Crippen molar-refractivity contribution in [3.8, 4) is 6.01 Å². The number of rotatable bonds is 7. The molecule has 0 unspecified atom stereocenters. The number of halogens is 1. The molecule has 0 amide bonds. The topological polar surface area (TPSA) is 60.4 Å². The summed E-state index contributed by atoms with van der Waals surface area (Å²) in [5.74, 6) is 0.503. The van der Waals surface area contributed by atoms with Gasteiger partial charge in [-0.2, -0.15) is 15.0 Å². The third-order valence-corrected chi connectivity index (χ3v) is 2.50. The Morgan fingerprint density at radius 1 is 1.16 bits per heavy atom. The van der Waals surface area contributed by atoms with Gasteiger partial charge in [0, 0.05) is 19.7 Å². The van der Waals surface area contributed by atoms with Gasteiger partial charge in [0.15, 0.2) is 0 Å². The number of nitrogens with zero attached hydrogens (tertiary/aromatic N) is 4. The Hall–Kier alpha value is -1.14. The molecule has 0 atom stereocenters. The third-order valence-electron chi connectivity index (χ3n) is 2.33. The van der Waals surface area contributed by atoms with Gasteiger partial charge in [0.05, 0.1) is 12.7 Å². The van der Waals surface area contributed by atoms with Crippen LogP contribution in [0.3, 0.4) is 0 Å². The summed E-state index contributed by atoms with van der Waals surface area (Å²) in [5.41, 5.74) is 0. The Bertz CT molecular complexity index is 401. The zero-order valence-electron chi connectivity index (χ0n) is 12.1. The number of hydrogen-bond donors (Lipinski definition) is 0. The van der Waals surface area contributed by atoms with Gasteiger partial charge in [-0.25, -0.2) is 0 Å². The van der Waals surface area contributed by atoms with Crippen LogP contribution in [0.5, 0.6) is 6.01 Å². The van der Waals surface area contributed by atoms with E-state index in [1.807, 2.05) is 18.7 Å². The molecular formula is C12H21ClN4O2. The molecule has 0 fully saturated rings. The van der Waals surface area contributed by atoms with Crippen molar-refractivity contribution < 1.29 is 9.47 Å². The minimum Gasteiger partial charge on any atom is -0.461 e. The molecular weight excluding hydrogens is 268 g/mol. The molecule has 0 spiro atoms. The Labute approximate surface area is 119 Å². The molecule has 0 aliphatic rings. The van der Waals surface area contributed by atoms with Gasteiger partial charge in [-0.1, -0.05) is 0 Å². The van der Waals surface area contributed by atoms with Crippen molar-refractivity contribution in [2.75, 3.05) is 25.2 Å². The van der Waals surface area contributed by atoms with Crippen molar-refractivity contribution in [3.63, 3.8) is 0 Å². The molecule has 1 heterocycles. The zero-order chi connectivity index (χ0) is 14.4. The average molecular weight is 289 g/mol. The molecule has 1 aromatic rings. The lowest BCUT2D eigenvalue weighted by atomic mass is 10.3. The molecule has 0 saturated carbocycles. The van der Waals surface area contributed by atoms with Crippen molar-refractivity contribution in [1.82, 2.24) is 15.0 Å². The molecule has 1 aromatic heterocycles. The summed E-state index contributed by atoms with van der Waals surface area (Å²) < 4.78 is 10.6. The smallest absolute Gasteiger partial charge is 0.322 e. The number of anilines is 1. The molecule has 1 rings (SSSR count). The van der Waals surface area contributed by atoms with Gasteiger partial charge in [-0.15, -0.1) is 0 Å². The van der Waals surface area contributed by atoms with E-state index < -0.39 is 0 Å². The van der Waals surface area contributed by atoms with E-state index in [1.165, 1.54) is 0 Å². The van der Waals surface area contributed by atoms with E-state index in [0.717, 1.165) is 0 Å². The monoisotopic (exact) mass is 288 g/mol. The van der Waals surface area contributed by atoms with Crippen LogP contribution in [-0.4, -0.2) is 47.4 Å². The largest absolute Gasteiger partial charge is 0.461 e. The second-order valence-electron chi connectivity index (χ2n) is 4.63. The van der Waals surface area contributed by atoms with Crippen LogP contribution in [0.2, 0.25) is 5.28 Å². The summed E-state index contributed by atoms with van der Waals surface area (Å²) in [5, 5.41) is 0.128. The maximum atomic E-state index is 5.92. The number of methoxy groups -OCH3 is 1. The van der Waals surface area contributed by atoms with Gasteiger partial charge in [0.1, 0.15) is 0 Å². The first-order valence-corrected chi connectivity index (χ1v) is 6.65. The molecule has 0 bridgehead atoms. The Morgan fingerprint density at radius 3 is 2.37 bits per heavy atom. The van der Waals surface area contributed by atoms with Crippen LogP contribution >= 0.6 is 11.6 Å². The van der Waals surface area contributed by atoms with Crippen molar-refractivity contribution in [2.24, 2.45) is 0 Å². The number of aromatic nitrogens is 3. The predicted molar refractivity (Wildman–Crippen MR) is 75.0 cm³/mol. The summed E-state index contributed by atoms with van der Waals surface area (Å²) in [7, 11) is 1.66. The molecule has 0 saturated heterocycles. The van der Waals surface area contributed by atoms with Crippen LogP contribution in [0.4, 0.5) is 5.95 Å². The molecule has 0 aliphatic carbocycles. The molecule has 0 radical (unpaired) electrons. The maximum Gasteiger partial charge on any atom is 0.322 e. The van der Waals surface area contributed by atoms with E-state index >= 15 is 0 Å². The van der Waals surface area contributed by atoms with Crippen LogP contribution in [0.25, 0.3) is 0 Å². The lowest BCUT2D eigenvalue weighted by molar-refractivity contribution is 0.202. The van der Waals surface area contributed by atoms with E-state index in [1.54, 1.807) is 7.11 Å². The first-order valence-electron chi connectivity index (χ1n) is 6.27. The fraction of sp³-hybridized carbons (Fsp3) is 0.750. The van der Waals surface area contributed by atoms with Gasteiger partial charge < -0.3 is 14.4 Å². The van der Waals surface area contributed by atoms with Gasteiger partial charge >= 0.3 is 6.01 Å². The minimum atomic E-state index is -0.0159. The molecule has 0 N–H and O–H groups in total. The van der Waals surface area contributed by atoms with Crippen LogP contribution < -0.4 is 9.64 Å². The highest BCUT2D eigenvalue weighted by atomic mass is 35.5. The minimum absolute atomic E-state index is 0.0159. The highest BCUT2D eigenvalue weighted by molar-refractivity contribution is 6.28. The second kappa shape index (κ2) is 7.45. The van der Waals surface area contributed by atoms with Gasteiger partial charge in [0.2, 0.25) is 11.2 Å². The molecule has 19 heavy (non-hydrogen) atoms. The van der Waals surface area contributed by atoms with E-state index in [-0.39, 0.29) is 23.4 Å². The van der Waals surface area contributed by atoms with Crippen molar-refractivity contribution in [3.05, 3.63) is 5.28 Å². The molecule has 6 nitrogen and oxygen atoms in total. The van der Waals surface area contributed by atoms with Gasteiger partial charge in [0.25, 0.3) is 0 Å². The van der Waals surface area contributed by atoms with Gasteiger partial charge in [-0.05, 0) is 39.3 Å². The number of ether oxygens (including phenoxy) is 2. The van der Waals surface area contributed by atoms with E-state index in [0.29, 0.717) is 19.1 Å². The molecule has 0 aliphatic heterocycles. The molecule has 108 valence electrons. The standard InChI is InChI=1S/C12H21ClN4O2/c1-8(2)17(6-7-18-5)11-14-10(13)15-12(16-11)19-9(3)4/h8-9H,6-7H2,1-5H3. The van der Waals surface area contributed by atoms with E-state index in [4.69, 9.17) is 21.1 Å². The fourth-order valence-corrected chi connectivity index (χ4v) is 1.64. The quantitative estimate of drug-likeness (QED) is 0.766. The summed E-state index contributed by atoms with van der Waals surface area (Å²) in [6, 6.07) is 0.466. The third kappa shape index (κ3) is 5.16. The Kier molecular flexibility index (Phi) is 6.24. The summed E-state index contributed by atoms with van der Waals surface area (Å²) in [6.45, 7) is 9.18. The Morgan fingerprint density at radius 2 is 1.84 bits per heavy atom. The molecule has 7 heteroatoms.